The molecule has 3 rings (SSSR count). The lowest BCUT2D eigenvalue weighted by atomic mass is 10.1. The van der Waals surface area contributed by atoms with E-state index in [4.69, 9.17) is 0 Å². The van der Waals surface area contributed by atoms with Crippen LogP contribution in [0.5, 0.6) is 0 Å². The highest BCUT2D eigenvalue weighted by Crippen LogP contribution is 2.32. The van der Waals surface area contributed by atoms with Gasteiger partial charge in [-0.25, -0.2) is 16.8 Å². The van der Waals surface area contributed by atoms with E-state index in [1.165, 1.54) is 12.1 Å². The summed E-state index contributed by atoms with van der Waals surface area (Å²) in [4.78, 5) is 2.06. The maximum Gasteiger partial charge on any atom is 0.177 e. The second kappa shape index (κ2) is 6.45. The maximum atomic E-state index is 12.2. The molecule has 0 N–H and O–H groups in total. The van der Waals surface area contributed by atoms with E-state index in [-0.39, 0.29) is 15.8 Å². The summed E-state index contributed by atoms with van der Waals surface area (Å²) in [7, 11) is -7.04. The van der Waals surface area contributed by atoms with Gasteiger partial charge in [0.15, 0.2) is 19.7 Å². The molecule has 136 valence electrons. The molecule has 1 unspecified atom stereocenters. The first-order chi connectivity index (χ1) is 11.7. The molecule has 1 saturated heterocycles. The molecule has 1 aromatic heterocycles. The van der Waals surface area contributed by atoms with E-state index in [1.807, 2.05) is 21.8 Å². The summed E-state index contributed by atoms with van der Waals surface area (Å²) in [6.07, 6.45) is 7.67. The number of piperidine rings is 1. The minimum absolute atomic E-state index is 0.0114. The van der Waals surface area contributed by atoms with E-state index in [0.717, 1.165) is 31.9 Å². The highest BCUT2D eigenvalue weighted by atomic mass is 32.2. The highest BCUT2D eigenvalue weighted by molar-refractivity contribution is 7.91. The van der Waals surface area contributed by atoms with Crippen molar-refractivity contribution in [3.05, 3.63) is 36.7 Å². The fourth-order valence-corrected chi connectivity index (χ4v) is 4.81. The van der Waals surface area contributed by atoms with Crippen LogP contribution in [0.25, 0.3) is 0 Å². The van der Waals surface area contributed by atoms with Crippen molar-refractivity contribution in [3.63, 3.8) is 0 Å². The molecule has 1 fully saturated rings. The number of anilines is 1. The molecule has 1 aliphatic heterocycles. The summed E-state index contributed by atoms with van der Waals surface area (Å²) in [6, 6.07) is 6.35. The standard InChI is InChI=1S/C16H21N3O4S2/c1-24(20,21)14-6-7-15(16(11-14)25(2,22)23)18-9-3-5-13(12-18)19-10-4-8-17-19/h4,6-8,10-11,13H,3,5,9,12H2,1-2H3. The molecule has 0 amide bonds. The fourth-order valence-electron chi connectivity index (χ4n) is 3.17. The molecule has 2 heterocycles. The molecule has 7 nitrogen and oxygen atoms in total. The van der Waals surface area contributed by atoms with Crippen LogP contribution >= 0.6 is 0 Å². The van der Waals surface area contributed by atoms with Crippen molar-refractivity contribution in [3.8, 4) is 0 Å². The lowest BCUT2D eigenvalue weighted by molar-refractivity contribution is 0.375. The van der Waals surface area contributed by atoms with Gasteiger partial charge in [0, 0.05) is 38.0 Å². The number of nitrogens with zero attached hydrogens (tertiary/aromatic N) is 3. The molecule has 2 aromatic rings. The first-order valence-electron chi connectivity index (χ1n) is 7.94. The summed E-state index contributed by atoms with van der Waals surface area (Å²) in [5.41, 5.74) is 0.548. The van der Waals surface area contributed by atoms with Gasteiger partial charge in [0.05, 0.1) is 21.5 Å². The highest BCUT2D eigenvalue weighted by Gasteiger charge is 2.26. The summed E-state index contributed by atoms with van der Waals surface area (Å²) < 4.78 is 50.0. The normalized spacial score (nSPS) is 19.1. The Kier molecular flexibility index (Phi) is 4.63. The van der Waals surface area contributed by atoms with E-state index in [2.05, 4.69) is 5.10 Å². The van der Waals surface area contributed by atoms with Gasteiger partial charge in [-0.15, -0.1) is 0 Å². The van der Waals surface area contributed by atoms with Gasteiger partial charge in [-0.3, -0.25) is 4.68 Å². The molecule has 1 aromatic carbocycles. The molecular formula is C16H21N3O4S2. The van der Waals surface area contributed by atoms with Crippen molar-refractivity contribution in [2.24, 2.45) is 0 Å². The number of sulfone groups is 2. The minimum atomic E-state index is -3.57. The Morgan fingerprint density at radius 3 is 2.48 bits per heavy atom. The molecule has 0 aliphatic carbocycles. The molecule has 0 spiro atoms. The molecule has 1 aliphatic rings. The van der Waals surface area contributed by atoms with Crippen LogP contribution in [0.2, 0.25) is 0 Å². The predicted octanol–water partition coefficient (Wildman–Crippen LogP) is 1.53. The third-order valence-corrected chi connectivity index (χ3v) is 6.63. The van der Waals surface area contributed by atoms with Crippen LogP contribution in [0.4, 0.5) is 5.69 Å². The van der Waals surface area contributed by atoms with Crippen molar-refractivity contribution in [1.82, 2.24) is 9.78 Å². The van der Waals surface area contributed by atoms with E-state index >= 15 is 0 Å². The van der Waals surface area contributed by atoms with E-state index in [0.29, 0.717) is 12.2 Å². The summed E-state index contributed by atoms with van der Waals surface area (Å²) >= 11 is 0. The molecule has 9 heteroatoms. The summed E-state index contributed by atoms with van der Waals surface area (Å²) in [5.74, 6) is 0. The SMILES string of the molecule is CS(=O)(=O)c1ccc(N2CCCC(n3cccn3)C2)c(S(C)(=O)=O)c1. The molecule has 0 saturated carbocycles. The lowest BCUT2D eigenvalue weighted by Crippen LogP contribution is -2.37. The van der Waals surface area contributed by atoms with Gasteiger partial charge in [0.25, 0.3) is 0 Å². The number of hydrogen-bond donors (Lipinski definition) is 0. The maximum absolute atomic E-state index is 12.2. The van der Waals surface area contributed by atoms with E-state index < -0.39 is 19.7 Å². The Labute approximate surface area is 148 Å². The van der Waals surface area contributed by atoms with Crippen molar-refractivity contribution in [1.29, 1.82) is 0 Å². The molecule has 0 bridgehead atoms. The Balaban J connectivity index is 2.01. The van der Waals surface area contributed by atoms with Crippen LogP contribution in [-0.4, -0.2) is 52.2 Å². The van der Waals surface area contributed by atoms with Gasteiger partial charge >= 0.3 is 0 Å². The van der Waals surface area contributed by atoms with Gasteiger partial charge < -0.3 is 4.90 Å². The Morgan fingerprint density at radius 2 is 1.88 bits per heavy atom. The van der Waals surface area contributed by atoms with Crippen LogP contribution < -0.4 is 4.90 Å². The molecule has 25 heavy (non-hydrogen) atoms. The Hall–Kier alpha value is -1.87. The zero-order valence-corrected chi connectivity index (χ0v) is 15.8. The largest absolute Gasteiger partial charge is 0.368 e. The molecule has 1 atom stereocenters. The van der Waals surface area contributed by atoms with Crippen LogP contribution in [0.3, 0.4) is 0 Å². The van der Waals surface area contributed by atoms with Gasteiger partial charge in [0.1, 0.15) is 0 Å². The van der Waals surface area contributed by atoms with Gasteiger partial charge in [0.2, 0.25) is 0 Å². The third kappa shape index (κ3) is 3.87. The third-order valence-electron chi connectivity index (χ3n) is 4.40. The molecule has 0 radical (unpaired) electrons. The average molecular weight is 383 g/mol. The van der Waals surface area contributed by atoms with Crippen molar-refractivity contribution in [2.75, 3.05) is 30.5 Å². The van der Waals surface area contributed by atoms with Gasteiger partial charge in [-0.2, -0.15) is 5.10 Å². The van der Waals surface area contributed by atoms with Crippen molar-refractivity contribution < 1.29 is 16.8 Å². The van der Waals surface area contributed by atoms with Crippen LogP contribution in [-0.2, 0) is 19.7 Å². The number of aromatic nitrogens is 2. The van der Waals surface area contributed by atoms with Crippen LogP contribution in [0.15, 0.2) is 46.5 Å². The zero-order chi connectivity index (χ0) is 18.2. The number of hydrogen-bond acceptors (Lipinski definition) is 6. The second-order valence-corrected chi connectivity index (χ2v) is 10.4. The first kappa shape index (κ1) is 17.9. The van der Waals surface area contributed by atoms with E-state index in [1.54, 1.807) is 12.3 Å². The van der Waals surface area contributed by atoms with Crippen molar-refractivity contribution in [2.45, 2.75) is 28.7 Å². The Bertz CT molecular complexity index is 967. The lowest BCUT2D eigenvalue weighted by Gasteiger charge is -2.35. The van der Waals surface area contributed by atoms with Crippen molar-refractivity contribution >= 4 is 25.4 Å². The minimum Gasteiger partial charge on any atom is -0.368 e. The monoisotopic (exact) mass is 383 g/mol. The van der Waals surface area contributed by atoms with Crippen LogP contribution in [0.1, 0.15) is 18.9 Å². The second-order valence-electron chi connectivity index (χ2n) is 6.40. The zero-order valence-electron chi connectivity index (χ0n) is 14.2. The number of benzene rings is 1. The topological polar surface area (TPSA) is 89.3 Å². The van der Waals surface area contributed by atoms with Gasteiger partial charge in [-0.1, -0.05) is 0 Å². The van der Waals surface area contributed by atoms with Gasteiger partial charge in [-0.05, 0) is 37.1 Å². The quantitative estimate of drug-likeness (QED) is 0.795. The predicted molar refractivity (Wildman–Crippen MR) is 95.4 cm³/mol. The summed E-state index contributed by atoms with van der Waals surface area (Å²) in [6.45, 7) is 1.35. The van der Waals surface area contributed by atoms with Crippen LogP contribution in [0, 0.1) is 0 Å². The average Bonchev–Trinajstić information content (AvgIpc) is 3.07. The number of rotatable bonds is 4. The smallest absolute Gasteiger partial charge is 0.177 e. The summed E-state index contributed by atoms with van der Waals surface area (Å²) in [5, 5.41) is 4.28. The first-order valence-corrected chi connectivity index (χ1v) is 11.7. The molecular weight excluding hydrogens is 362 g/mol. The van der Waals surface area contributed by atoms with E-state index in [9.17, 15) is 16.8 Å². The Morgan fingerprint density at radius 1 is 1.12 bits per heavy atom. The fraction of sp³-hybridized carbons (Fsp3) is 0.438.